The van der Waals surface area contributed by atoms with Gasteiger partial charge >= 0.3 is 0 Å². The summed E-state index contributed by atoms with van der Waals surface area (Å²) in [5.74, 6) is 6.03. The SMILES string of the molecule is NNc1nc(OCCN2CCCCC2)c(Cl)cc1Cl. The van der Waals surface area contributed by atoms with Crippen LogP contribution in [0.5, 0.6) is 5.88 Å². The van der Waals surface area contributed by atoms with Crippen LogP contribution in [0.3, 0.4) is 0 Å². The van der Waals surface area contributed by atoms with Gasteiger partial charge in [0.15, 0.2) is 5.82 Å². The predicted octanol–water partition coefficient (Wildman–Crippen LogP) is 2.54. The van der Waals surface area contributed by atoms with E-state index in [4.69, 9.17) is 33.8 Å². The van der Waals surface area contributed by atoms with Crippen molar-refractivity contribution in [2.45, 2.75) is 19.3 Å². The van der Waals surface area contributed by atoms with Crippen molar-refractivity contribution in [2.24, 2.45) is 5.84 Å². The third-order valence-corrected chi connectivity index (χ3v) is 3.69. The van der Waals surface area contributed by atoms with Gasteiger partial charge in [-0.2, -0.15) is 4.98 Å². The molecule has 0 bridgehead atoms. The summed E-state index contributed by atoms with van der Waals surface area (Å²) in [6, 6.07) is 1.57. The highest BCUT2D eigenvalue weighted by Gasteiger charge is 2.12. The maximum absolute atomic E-state index is 6.03. The molecule has 0 amide bonds. The summed E-state index contributed by atoms with van der Waals surface area (Å²) in [5, 5.41) is 0.763. The number of aromatic nitrogens is 1. The van der Waals surface area contributed by atoms with Gasteiger partial charge in [-0.05, 0) is 32.0 Å². The number of nitrogen functional groups attached to an aromatic ring is 1. The van der Waals surface area contributed by atoms with Crippen molar-refractivity contribution < 1.29 is 4.74 Å². The molecule has 1 aliphatic rings. The molecule has 5 nitrogen and oxygen atoms in total. The summed E-state index contributed by atoms with van der Waals surface area (Å²) in [5.41, 5.74) is 2.41. The number of halogens is 2. The van der Waals surface area contributed by atoms with Crippen LogP contribution in [0.25, 0.3) is 0 Å². The van der Waals surface area contributed by atoms with Crippen LogP contribution in [0.2, 0.25) is 10.0 Å². The zero-order valence-electron chi connectivity index (χ0n) is 10.7. The lowest BCUT2D eigenvalue weighted by atomic mass is 10.1. The number of nitrogens with zero attached hydrogens (tertiary/aromatic N) is 2. The van der Waals surface area contributed by atoms with Crippen molar-refractivity contribution in [2.75, 3.05) is 31.7 Å². The fourth-order valence-corrected chi connectivity index (χ4v) is 2.57. The van der Waals surface area contributed by atoms with Gasteiger partial charge in [0.05, 0.1) is 5.02 Å². The van der Waals surface area contributed by atoms with Crippen molar-refractivity contribution in [3.05, 3.63) is 16.1 Å². The Kier molecular flexibility index (Phi) is 5.51. The first-order valence-electron chi connectivity index (χ1n) is 6.38. The van der Waals surface area contributed by atoms with E-state index in [1.165, 1.54) is 19.3 Å². The largest absolute Gasteiger partial charge is 0.475 e. The molecule has 2 heterocycles. The minimum absolute atomic E-state index is 0.357. The van der Waals surface area contributed by atoms with Crippen LogP contribution >= 0.6 is 23.2 Å². The van der Waals surface area contributed by atoms with Crippen molar-refractivity contribution in [1.82, 2.24) is 9.88 Å². The summed E-state index contributed by atoms with van der Waals surface area (Å²) in [6.07, 6.45) is 3.86. The summed E-state index contributed by atoms with van der Waals surface area (Å²) >= 11 is 11.9. The van der Waals surface area contributed by atoms with E-state index in [1.54, 1.807) is 6.07 Å². The number of rotatable bonds is 5. The first kappa shape index (κ1) is 14.7. The van der Waals surface area contributed by atoms with E-state index >= 15 is 0 Å². The fourth-order valence-electron chi connectivity index (χ4n) is 2.11. The Morgan fingerprint density at radius 1 is 1.26 bits per heavy atom. The van der Waals surface area contributed by atoms with Gasteiger partial charge in [0.25, 0.3) is 0 Å². The van der Waals surface area contributed by atoms with Crippen LogP contribution in [0.1, 0.15) is 19.3 Å². The predicted molar refractivity (Wildman–Crippen MR) is 77.9 cm³/mol. The number of likely N-dealkylation sites (tertiary alicyclic amines) is 1. The van der Waals surface area contributed by atoms with Gasteiger partial charge in [0.2, 0.25) is 5.88 Å². The van der Waals surface area contributed by atoms with Gasteiger partial charge in [-0.15, -0.1) is 0 Å². The van der Waals surface area contributed by atoms with Crippen molar-refractivity contribution in [3.8, 4) is 5.88 Å². The Morgan fingerprint density at radius 2 is 2.00 bits per heavy atom. The summed E-state index contributed by atoms with van der Waals surface area (Å²) in [4.78, 5) is 6.52. The number of pyridine rings is 1. The standard InChI is InChI=1S/C12H18Cl2N4O/c13-9-8-10(14)12(16-11(9)17-15)19-7-6-18-4-2-1-3-5-18/h8H,1-7,15H2,(H,16,17). The molecule has 1 saturated heterocycles. The highest BCUT2D eigenvalue weighted by Crippen LogP contribution is 2.30. The zero-order chi connectivity index (χ0) is 13.7. The minimum atomic E-state index is 0.357. The second kappa shape index (κ2) is 7.14. The number of anilines is 1. The lowest BCUT2D eigenvalue weighted by molar-refractivity contribution is 0.180. The molecule has 0 aromatic carbocycles. The Hall–Kier alpha value is -0.750. The number of hydrogen-bond acceptors (Lipinski definition) is 5. The lowest BCUT2D eigenvalue weighted by Crippen LogP contribution is -2.33. The molecule has 19 heavy (non-hydrogen) atoms. The Bertz CT molecular complexity index is 424. The van der Waals surface area contributed by atoms with Crippen LogP contribution in [0.15, 0.2) is 6.07 Å². The number of nitrogens with two attached hydrogens (primary N) is 1. The van der Waals surface area contributed by atoms with Crippen LogP contribution in [0, 0.1) is 0 Å². The first-order valence-corrected chi connectivity index (χ1v) is 7.14. The average molecular weight is 305 g/mol. The molecular weight excluding hydrogens is 287 g/mol. The second-order valence-electron chi connectivity index (χ2n) is 4.50. The van der Waals surface area contributed by atoms with Gasteiger partial charge in [-0.25, -0.2) is 5.84 Å². The van der Waals surface area contributed by atoms with Crippen LogP contribution in [-0.2, 0) is 0 Å². The number of hydrazine groups is 1. The van der Waals surface area contributed by atoms with Crippen molar-refractivity contribution in [3.63, 3.8) is 0 Å². The van der Waals surface area contributed by atoms with Gasteiger partial charge < -0.3 is 10.2 Å². The Balaban J connectivity index is 1.88. The summed E-state index contributed by atoms with van der Waals surface area (Å²) in [7, 11) is 0. The zero-order valence-corrected chi connectivity index (χ0v) is 12.2. The minimum Gasteiger partial charge on any atom is -0.475 e. The molecule has 106 valence electrons. The van der Waals surface area contributed by atoms with Crippen LogP contribution in [-0.4, -0.2) is 36.1 Å². The summed E-state index contributed by atoms with van der Waals surface area (Å²) in [6.45, 7) is 3.71. The number of ether oxygens (including phenoxy) is 1. The molecule has 1 aromatic rings. The molecular formula is C12H18Cl2N4O. The second-order valence-corrected chi connectivity index (χ2v) is 5.32. The molecule has 0 unspecified atom stereocenters. The normalized spacial score (nSPS) is 16.4. The third kappa shape index (κ3) is 4.11. The van der Waals surface area contributed by atoms with Crippen LogP contribution in [0.4, 0.5) is 5.82 Å². The van der Waals surface area contributed by atoms with E-state index in [0.29, 0.717) is 28.3 Å². The number of piperidine rings is 1. The molecule has 1 aromatic heterocycles. The maximum Gasteiger partial charge on any atom is 0.234 e. The lowest BCUT2D eigenvalue weighted by Gasteiger charge is -2.26. The average Bonchev–Trinajstić information content (AvgIpc) is 2.42. The maximum atomic E-state index is 6.03. The molecule has 7 heteroatoms. The van der Waals surface area contributed by atoms with Gasteiger partial charge in [0, 0.05) is 6.54 Å². The van der Waals surface area contributed by atoms with E-state index in [-0.39, 0.29) is 0 Å². The Morgan fingerprint density at radius 3 is 2.68 bits per heavy atom. The fraction of sp³-hybridized carbons (Fsp3) is 0.583. The molecule has 1 aliphatic heterocycles. The van der Waals surface area contributed by atoms with Crippen molar-refractivity contribution in [1.29, 1.82) is 0 Å². The quantitative estimate of drug-likeness (QED) is 0.646. The van der Waals surface area contributed by atoms with Crippen LogP contribution < -0.4 is 16.0 Å². The number of nitrogens with one attached hydrogen (secondary N) is 1. The van der Waals surface area contributed by atoms with Gasteiger partial charge in [-0.1, -0.05) is 29.6 Å². The van der Waals surface area contributed by atoms with E-state index < -0.39 is 0 Å². The summed E-state index contributed by atoms with van der Waals surface area (Å²) < 4.78 is 5.60. The monoisotopic (exact) mass is 304 g/mol. The number of hydrogen-bond donors (Lipinski definition) is 2. The van der Waals surface area contributed by atoms with Crippen molar-refractivity contribution >= 4 is 29.0 Å². The molecule has 0 spiro atoms. The molecule has 3 N–H and O–H groups in total. The molecule has 0 saturated carbocycles. The van der Waals surface area contributed by atoms with E-state index in [9.17, 15) is 0 Å². The molecule has 1 fully saturated rings. The third-order valence-electron chi connectivity index (χ3n) is 3.13. The Labute approximate surface area is 123 Å². The van der Waals surface area contributed by atoms with Gasteiger partial charge in [-0.3, -0.25) is 4.90 Å². The topological polar surface area (TPSA) is 63.4 Å². The highest BCUT2D eigenvalue weighted by atomic mass is 35.5. The highest BCUT2D eigenvalue weighted by molar-refractivity contribution is 6.36. The van der Waals surface area contributed by atoms with E-state index in [1.807, 2.05) is 0 Å². The molecule has 0 atom stereocenters. The molecule has 0 radical (unpaired) electrons. The smallest absolute Gasteiger partial charge is 0.234 e. The molecule has 0 aliphatic carbocycles. The first-order chi connectivity index (χ1) is 9.20. The molecule has 2 rings (SSSR count). The van der Waals surface area contributed by atoms with Gasteiger partial charge in [0.1, 0.15) is 11.6 Å². The van der Waals surface area contributed by atoms with E-state index in [0.717, 1.165) is 19.6 Å². The van der Waals surface area contributed by atoms with E-state index in [2.05, 4.69) is 15.3 Å².